The molecule has 2 aromatic heterocycles. The molecule has 2 aromatic carbocycles. The Labute approximate surface area is 190 Å². The van der Waals surface area contributed by atoms with Gasteiger partial charge < -0.3 is 20.1 Å². The number of amides is 1. The number of nitrogens with zero attached hydrogens (tertiary/aromatic N) is 1. The van der Waals surface area contributed by atoms with E-state index < -0.39 is 23.3 Å². The van der Waals surface area contributed by atoms with Gasteiger partial charge in [-0.15, -0.1) is 11.3 Å². The van der Waals surface area contributed by atoms with Crippen LogP contribution in [0.5, 0.6) is 0 Å². The van der Waals surface area contributed by atoms with Gasteiger partial charge in [-0.2, -0.15) is 0 Å². The second-order valence-electron chi connectivity index (χ2n) is 7.16. The minimum absolute atomic E-state index is 0.0926. The molecule has 4 rings (SSSR count). The number of aromatic carboxylic acids is 1. The molecule has 10 heteroatoms. The predicted molar refractivity (Wildman–Crippen MR) is 120 cm³/mol. The van der Waals surface area contributed by atoms with E-state index in [4.69, 9.17) is 9.84 Å². The van der Waals surface area contributed by atoms with Crippen LogP contribution in [0, 0.1) is 5.82 Å². The van der Waals surface area contributed by atoms with Gasteiger partial charge in [0.25, 0.3) is 11.5 Å². The summed E-state index contributed by atoms with van der Waals surface area (Å²) in [5.41, 5.74) is 1.75. The number of H-pyrrole nitrogens is 1. The summed E-state index contributed by atoms with van der Waals surface area (Å²) in [6, 6.07) is 12.2. The number of aromatic amines is 1. The number of fused-ring (bicyclic) bond motifs is 1. The highest BCUT2D eigenvalue weighted by molar-refractivity contribution is 7.16. The molecule has 0 bridgehead atoms. The first-order valence-corrected chi connectivity index (χ1v) is 10.7. The Balaban J connectivity index is 1.41. The second-order valence-corrected chi connectivity index (χ2v) is 8.02. The molecule has 168 valence electrons. The first-order valence-electron chi connectivity index (χ1n) is 9.83. The number of carbonyl (C=O) groups is 2. The number of aromatic nitrogens is 2. The molecule has 0 spiro atoms. The van der Waals surface area contributed by atoms with Crippen molar-refractivity contribution in [1.29, 1.82) is 0 Å². The lowest BCUT2D eigenvalue weighted by molar-refractivity contribution is 0.0696. The highest BCUT2D eigenvalue weighted by atomic mass is 32.1. The van der Waals surface area contributed by atoms with Gasteiger partial charge in [0, 0.05) is 12.1 Å². The van der Waals surface area contributed by atoms with Gasteiger partial charge in [-0.25, -0.2) is 14.2 Å². The summed E-state index contributed by atoms with van der Waals surface area (Å²) in [7, 11) is 0. The molecule has 0 aliphatic heterocycles. The van der Waals surface area contributed by atoms with Crippen molar-refractivity contribution in [3.8, 4) is 0 Å². The Morgan fingerprint density at radius 1 is 1.12 bits per heavy atom. The van der Waals surface area contributed by atoms with Crippen molar-refractivity contribution in [2.24, 2.45) is 0 Å². The van der Waals surface area contributed by atoms with Gasteiger partial charge in [0.15, 0.2) is 0 Å². The number of thiophene rings is 1. The normalized spacial score (nSPS) is 10.9. The minimum Gasteiger partial charge on any atom is -0.478 e. The summed E-state index contributed by atoms with van der Waals surface area (Å²) in [4.78, 5) is 43.1. The molecule has 0 fully saturated rings. The maximum absolute atomic E-state index is 13.3. The van der Waals surface area contributed by atoms with Gasteiger partial charge in [0.2, 0.25) is 5.82 Å². The number of halogens is 1. The summed E-state index contributed by atoms with van der Waals surface area (Å²) < 4.78 is 18.9. The van der Waals surface area contributed by atoms with E-state index in [0.717, 1.165) is 5.56 Å². The van der Waals surface area contributed by atoms with Crippen LogP contribution in [0.3, 0.4) is 0 Å². The zero-order valence-electron chi connectivity index (χ0n) is 17.1. The van der Waals surface area contributed by atoms with Crippen LogP contribution in [-0.2, 0) is 24.5 Å². The molecule has 0 saturated carbocycles. The van der Waals surface area contributed by atoms with Crippen LogP contribution in [0.15, 0.2) is 58.7 Å². The fourth-order valence-electron chi connectivity index (χ4n) is 3.16. The fourth-order valence-corrected chi connectivity index (χ4v) is 4.08. The van der Waals surface area contributed by atoms with Crippen molar-refractivity contribution in [2.45, 2.75) is 19.8 Å². The van der Waals surface area contributed by atoms with Crippen LogP contribution in [-0.4, -0.2) is 27.0 Å². The summed E-state index contributed by atoms with van der Waals surface area (Å²) >= 11 is 1.22. The average molecular weight is 467 g/mol. The summed E-state index contributed by atoms with van der Waals surface area (Å²) in [6.45, 7) is 0.481. The quantitative estimate of drug-likeness (QED) is 0.365. The number of carboxylic acids is 1. The number of hydrogen-bond donors (Lipinski definition) is 3. The number of hydrogen-bond acceptors (Lipinski definition) is 6. The zero-order chi connectivity index (χ0) is 23.4. The lowest BCUT2D eigenvalue weighted by Crippen LogP contribution is -2.27. The van der Waals surface area contributed by atoms with E-state index in [1.165, 1.54) is 35.6 Å². The molecule has 0 atom stereocenters. The third-order valence-electron chi connectivity index (χ3n) is 4.80. The van der Waals surface area contributed by atoms with E-state index in [0.29, 0.717) is 21.3 Å². The largest absolute Gasteiger partial charge is 0.478 e. The smallest absolute Gasteiger partial charge is 0.335 e. The van der Waals surface area contributed by atoms with Crippen molar-refractivity contribution >= 4 is 33.4 Å². The molecule has 0 unspecified atom stereocenters. The van der Waals surface area contributed by atoms with Gasteiger partial charge in [-0.1, -0.05) is 24.3 Å². The number of ether oxygens (including phenoxy) is 1. The summed E-state index contributed by atoms with van der Waals surface area (Å²) in [5, 5.41) is 13.6. The van der Waals surface area contributed by atoms with Gasteiger partial charge in [-0.05, 0) is 40.8 Å². The van der Waals surface area contributed by atoms with Gasteiger partial charge in [0.05, 0.1) is 24.2 Å². The number of nitrogens with one attached hydrogen (secondary N) is 2. The molecule has 8 nitrogen and oxygen atoms in total. The zero-order valence-corrected chi connectivity index (χ0v) is 17.9. The SMILES string of the molecule is O=C(O)c1ccc(COCc2csc3nc(C(=O)NCc4cccc(F)c4)[nH]c(=O)c23)cc1. The molecule has 3 N–H and O–H groups in total. The third-order valence-corrected chi connectivity index (χ3v) is 5.73. The number of carboxylic acid groups (broad SMARTS) is 1. The Hall–Kier alpha value is -3.89. The predicted octanol–water partition coefficient (Wildman–Crippen LogP) is 3.47. The standard InChI is InChI=1S/C23H18FN3O5S/c24-17-3-1-2-14(8-17)9-25-21(29)19-26-20(28)18-16(12-33-22(18)27-19)11-32-10-13-4-6-15(7-5-13)23(30)31/h1-8,12H,9-11H2,(H,25,29)(H,30,31)(H,26,27,28). The Morgan fingerprint density at radius 3 is 2.64 bits per heavy atom. The molecule has 33 heavy (non-hydrogen) atoms. The van der Waals surface area contributed by atoms with Crippen molar-refractivity contribution < 1.29 is 23.8 Å². The maximum Gasteiger partial charge on any atom is 0.335 e. The van der Waals surface area contributed by atoms with E-state index in [2.05, 4.69) is 15.3 Å². The van der Waals surface area contributed by atoms with Gasteiger partial charge in [-0.3, -0.25) is 9.59 Å². The lowest BCUT2D eigenvalue weighted by atomic mass is 10.1. The first-order chi connectivity index (χ1) is 15.9. The molecule has 1 amide bonds. The molecule has 4 aromatic rings. The molecular weight excluding hydrogens is 449 g/mol. The first kappa shape index (κ1) is 22.3. The Bertz CT molecular complexity index is 1380. The van der Waals surface area contributed by atoms with Crippen molar-refractivity contribution in [3.05, 3.63) is 98.2 Å². The third kappa shape index (κ3) is 5.30. The van der Waals surface area contributed by atoms with Crippen molar-refractivity contribution in [2.75, 3.05) is 0 Å². The summed E-state index contributed by atoms with van der Waals surface area (Å²) in [5.74, 6) is -2.10. The summed E-state index contributed by atoms with van der Waals surface area (Å²) in [6.07, 6.45) is 0. The molecule has 0 aliphatic carbocycles. The fraction of sp³-hybridized carbons (Fsp3) is 0.130. The number of rotatable bonds is 8. The van der Waals surface area contributed by atoms with E-state index in [1.807, 2.05) is 0 Å². The van der Waals surface area contributed by atoms with Crippen LogP contribution in [0.4, 0.5) is 4.39 Å². The van der Waals surface area contributed by atoms with E-state index >= 15 is 0 Å². The van der Waals surface area contributed by atoms with Crippen LogP contribution >= 0.6 is 11.3 Å². The topological polar surface area (TPSA) is 121 Å². The second kappa shape index (κ2) is 9.72. The highest BCUT2D eigenvalue weighted by Crippen LogP contribution is 2.22. The Kier molecular flexibility index (Phi) is 6.57. The molecule has 0 saturated heterocycles. The minimum atomic E-state index is -0.999. The van der Waals surface area contributed by atoms with Crippen molar-refractivity contribution in [3.63, 3.8) is 0 Å². The van der Waals surface area contributed by atoms with Crippen molar-refractivity contribution in [1.82, 2.24) is 15.3 Å². The highest BCUT2D eigenvalue weighted by Gasteiger charge is 2.15. The maximum atomic E-state index is 13.3. The molecule has 0 aliphatic rings. The number of benzene rings is 2. The monoisotopic (exact) mass is 467 g/mol. The lowest BCUT2D eigenvalue weighted by Gasteiger charge is -2.06. The van der Waals surface area contributed by atoms with Gasteiger partial charge in [0.1, 0.15) is 10.6 Å². The van der Waals surface area contributed by atoms with E-state index in [1.54, 1.807) is 29.6 Å². The van der Waals surface area contributed by atoms with Crippen LogP contribution < -0.4 is 10.9 Å². The number of carbonyl (C=O) groups excluding carboxylic acids is 1. The van der Waals surface area contributed by atoms with Gasteiger partial charge >= 0.3 is 5.97 Å². The van der Waals surface area contributed by atoms with Crippen LogP contribution in [0.1, 0.15) is 37.7 Å². The van der Waals surface area contributed by atoms with Crippen LogP contribution in [0.25, 0.3) is 10.2 Å². The van der Waals surface area contributed by atoms with E-state index in [-0.39, 0.29) is 31.1 Å². The average Bonchev–Trinajstić information content (AvgIpc) is 3.21. The van der Waals surface area contributed by atoms with Crippen LogP contribution in [0.2, 0.25) is 0 Å². The van der Waals surface area contributed by atoms with E-state index in [9.17, 15) is 18.8 Å². The Morgan fingerprint density at radius 2 is 1.91 bits per heavy atom. The molecular formula is C23H18FN3O5S. The molecule has 2 heterocycles. The molecule has 0 radical (unpaired) electrons.